The summed E-state index contributed by atoms with van der Waals surface area (Å²) in [7, 11) is 0. The van der Waals surface area contributed by atoms with E-state index in [2.05, 4.69) is 15.7 Å². The van der Waals surface area contributed by atoms with Crippen LogP contribution in [0.15, 0.2) is 48.5 Å². The van der Waals surface area contributed by atoms with Crippen LogP contribution in [0, 0.1) is 20.8 Å². The number of aryl methyl sites for hydroxylation is 2. The summed E-state index contributed by atoms with van der Waals surface area (Å²) in [5, 5.41) is 11.1. The third kappa shape index (κ3) is 3.89. The van der Waals surface area contributed by atoms with E-state index in [1.54, 1.807) is 0 Å². The van der Waals surface area contributed by atoms with Gasteiger partial charge in [-0.25, -0.2) is 4.68 Å². The maximum absolute atomic E-state index is 12.4. The number of benzene rings is 2. The molecule has 0 fully saturated rings. The number of anilines is 2. The fourth-order valence-electron chi connectivity index (χ4n) is 2.77. The number of para-hydroxylation sites is 1. The van der Waals surface area contributed by atoms with E-state index in [4.69, 9.17) is 11.6 Å². The lowest BCUT2D eigenvalue weighted by atomic mass is 10.2. The average molecular weight is 369 g/mol. The van der Waals surface area contributed by atoms with E-state index in [1.165, 1.54) is 0 Å². The molecule has 0 saturated heterocycles. The Morgan fingerprint density at radius 1 is 1.12 bits per heavy atom. The molecule has 0 atom stereocenters. The minimum atomic E-state index is -0.152. The fraction of sp³-hybridized carbons (Fsp3) is 0.200. The highest BCUT2D eigenvalue weighted by Gasteiger charge is 2.15. The van der Waals surface area contributed by atoms with Crippen molar-refractivity contribution in [3.05, 3.63) is 70.5 Å². The van der Waals surface area contributed by atoms with E-state index in [0.29, 0.717) is 5.02 Å². The zero-order chi connectivity index (χ0) is 18.7. The molecule has 1 aromatic heterocycles. The van der Waals surface area contributed by atoms with E-state index in [-0.39, 0.29) is 12.5 Å². The van der Waals surface area contributed by atoms with E-state index >= 15 is 0 Å². The molecule has 0 aliphatic carbocycles. The topological polar surface area (TPSA) is 59.0 Å². The second-order valence-electron chi connectivity index (χ2n) is 6.18. The Kier molecular flexibility index (Phi) is 5.28. The third-order valence-electron chi connectivity index (χ3n) is 4.12. The van der Waals surface area contributed by atoms with Crippen LogP contribution in [0.4, 0.5) is 11.4 Å². The first kappa shape index (κ1) is 18.0. The number of nitrogens with zero attached hydrogens (tertiary/aromatic N) is 2. The summed E-state index contributed by atoms with van der Waals surface area (Å²) in [5.41, 5.74) is 5.16. The number of rotatable bonds is 5. The molecule has 26 heavy (non-hydrogen) atoms. The largest absolute Gasteiger partial charge is 0.375 e. The second-order valence-corrected chi connectivity index (χ2v) is 6.59. The monoisotopic (exact) mass is 368 g/mol. The molecule has 1 heterocycles. The van der Waals surface area contributed by atoms with Gasteiger partial charge in [0.25, 0.3) is 0 Å². The number of hydrogen-bond acceptors (Lipinski definition) is 3. The van der Waals surface area contributed by atoms with Crippen LogP contribution in [0.25, 0.3) is 5.69 Å². The van der Waals surface area contributed by atoms with Gasteiger partial charge in [0.05, 0.1) is 40.0 Å². The Hall–Kier alpha value is -2.79. The van der Waals surface area contributed by atoms with Crippen molar-refractivity contribution in [3.8, 4) is 5.69 Å². The molecule has 3 rings (SSSR count). The quantitative estimate of drug-likeness (QED) is 0.697. The smallest absolute Gasteiger partial charge is 0.243 e. The van der Waals surface area contributed by atoms with Gasteiger partial charge in [-0.15, -0.1) is 0 Å². The van der Waals surface area contributed by atoms with Crippen LogP contribution in [0.5, 0.6) is 0 Å². The van der Waals surface area contributed by atoms with Crippen LogP contribution >= 0.6 is 11.6 Å². The number of hydrogen-bond donors (Lipinski definition) is 2. The summed E-state index contributed by atoms with van der Waals surface area (Å²) in [6, 6.07) is 15.5. The van der Waals surface area contributed by atoms with Gasteiger partial charge in [0.1, 0.15) is 0 Å². The first-order valence-electron chi connectivity index (χ1n) is 8.37. The number of carbonyl (C=O) groups is 1. The Morgan fingerprint density at radius 2 is 1.85 bits per heavy atom. The molecule has 0 spiro atoms. The molecular formula is C20H21ClN4O. The standard InChI is InChI=1S/C20H21ClN4O/c1-13-9-10-18(17(21)11-13)22-12-19(26)23-20-14(2)24-25(15(20)3)16-7-5-4-6-8-16/h4-11,22H,12H2,1-3H3,(H,23,26). The molecule has 0 unspecified atom stereocenters. The van der Waals surface area contributed by atoms with Crippen molar-refractivity contribution in [1.29, 1.82) is 0 Å². The van der Waals surface area contributed by atoms with Crippen LogP contribution in [0.3, 0.4) is 0 Å². The van der Waals surface area contributed by atoms with Gasteiger partial charge in [-0.2, -0.15) is 5.10 Å². The summed E-state index contributed by atoms with van der Waals surface area (Å²) in [4.78, 5) is 12.4. The van der Waals surface area contributed by atoms with E-state index in [9.17, 15) is 4.79 Å². The molecule has 0 aliphatic heterocycles. The molecule has 0 saturated carbocycles. The van der Waals surface area contributed by atoms with E-state index < -0.39 is 0 Å². The Morgan fingerprint density at radius 3 is 2.54 bits per heavy atom. The Labute approximate surface area is 158 Å². The predicted octanol–water partition coefficient (Wildman–Crippen LogP) is 4.50. The minimum absolute atomic E-state index is 0.123. The number of halogens is 1. The lowest BCUT2D eigenvalue weighted by Gasteiger charge is -2.10. The molecule has 134 valence electrons. The number of nitrogens with one attached hydrogen (secondary N) is 2. The van der Waals surface area contributed by atoms with Crippen LogP contribution in [0.1, 0.15) is 17.0 Å². The maximum Gasteiger partial charge on any atom is 0.243 e. The Balaban J connectivity index is 1.71. The number of amides is 1. The summed E-state index contributed by atoms with van der Waals surface area (Å²) < 4.78 is 1.83. The van der Waals surface area contributed by atoms with Crippen LogP contribution < -0.4 is 10.6 Å². The van der Waals surface area contributed by atoms with Gasteiger partial charge in [-0.3, -0.25) is 4.79 Å². The predicted molar refractivity (Wildman–Crippen MR) is 106 cm³/mol. The maximum atomic E-state index is 12.4. The van der Waals surface area contributed by atoms with Crippen LogP contribution in [-0.4, -0.2) is 22.2 Å². The van der Waals surface area contributed by atoms with Gasteiger partial charge in [0.2, 0.25) is 5.91 Å². The van der Waals surface area contributed by atoms with Gasteiger partial charge in [-0.1, -0.05) is 35.9 Å². The van der Waals surface area contributed by atoms with E-state index in [0.717, 1.165) is 34.0 Å². The molecule has 0 bridgehead atoms. The zero-order valence-electron chi connectivity index (χ0n) is 15.0. The normalized spacial score (nSPS) is 10.6. The third-order valence-corrected chi connectivity index (χ3v) is 4.43. The summed E-state index contributed by atoms with van der Waals surface area (Å²) in [6.07, 6.45) is 0. The van der Waals surface area contributed by atoms with Crippen molar-refractivity contribution in [2.24, 2.45) is 0 Å². The SMILES string of the molecule is Cc1ccc(NCC(=O)Nc2c(C)nn(-c3ccccc3)c2C)c(Cl)c1. The van der Waals surface area contributed by atoms with Gasteiger partial charge < -0.3 is 10.6 Å². The average Bonchev–Trinajstić information content (AvgIpc) is 2.90. The number of carbonyl (C=O) groups excluding carboxylic acids is 1. The van der Waals surface area contributed by atoms with Crippen molar-refractivity contribution in [2.75, 3.05) is 17.2 Å². The van der Waals surface area contributed by atoms with Crippen LogP contribution in [0.2, 0.25) is 5.02 Å². The lowest BCUT2D eigenvalue weighted by molar-refractivity contribution is -0.114. The van der Waals surface area contributed by atoms with Crippen molar-refractivity contribution < 1.29 is 4.79 Å². The second kappa shape index (κ2) is 7.62. The Bertz CT molecular complexity index is 934. The molecule has 2 aromatic carbocycles. The molecule has 5 nitrogen and oxygen atoms in total. The molecule has 3 aromatic rings. The summed E-state index contributed by atoms with van der Waals surface area (Å²) in [5.74, 6) is -0.152. The molecule has 2 N–H and O–H groups in total. The molecule has 0 radical (unpaired) electrons. The van der Waals surface area contributed by atoms with Gasteiger partial charge in [-0.05, 0) is 50.6 Å². The van der Waals surface area contributed by atoms with Crippen molar-refractivity contribution >= 4 is 28.9 Å². The van der Waals surface area contributed by atoms with Crippen molar-refractivity contribution in [3.63, 3.8) is 0 Å². The van der Waals surface area contributed by atoms with E-state index in [1.807, 2.05) is 74.0 Å². The van der Waals surface area contributed by atoms with Gasteiger partial charge in [0, 0.05) is 0 Å². The molecule has 6 heteroatoms. The molecule has 1 amide bonds. The summed E-state index contributed by atoms with van der Waals surface area (Å²) >= 11 is 6.19. The van der Waals surface area contributed by atoms with Gasteiger partial charge >= 0.3 is 0 Å². The highest BCUT2D eigenvalue weighted by atomic mass is 35.5. The lowest BCUT2D eigenvalue weighted by Crippen LogP contribution is -2.22. The molecule has 0 aliphatic rings. The summed E-state index contributed by atoms with van der Waals surface area (Å²) in [6.45, 7) is 5.91. The van der Waals surface area contributed by atoms with Gasteiger partial charge in [0.15, 0.2) is 0 Å². The number of aromatic nitrogens is 2. The van der Waals surface area contributed by atoms with Crippen molar-refractivity contribution in [1.82, 2.24) is 9.78 Å². The minimum Gasteiger partial charge on any atom is -0.375 e. The van der Waals surface area contributed by atoms with Crippen molar-refractivity contribution in [2.45, 2.75) is 20.8 Å². The first-order valence-corrected chi connectivity index (χ1v) is 8.75. The zero-order valence-corrected chi connectivity index (χ0v) is 15.8. The first-order chi connectivity index (χ1) is 12.5. The fourth-order valence-corrected chi connectivity index (χ4v) is 3.07. The highest BCUT2D eigenvalue weighted by Crippen LogP contribution is 2.24. The molecular weight excluding hydrogens is 348 g/mol. The highest BCUT2D eigenvalue weighted by molar-refractivity contribution is 6.33. The van der Waals surface area contributed by atoms with Crippen LogP contribution in [-0.2, 0) is 4.79 Å².